The van der Waals surface area contributed by atoms with Crippen molar-refractivity contribution in [2.75, 3.05) is 6.61 Å². The number of aromatic nitrogens is 1. The average molecular weight is 224 g/mol. The second-order valence-corrected chi connectivity index (χ2v) is 4.03. The molecule has 0 amide bonds. The third kappa shape index (κ3) is 4.49. The van der Waals surface area contributed by atoms with E-state index in [9.17, 15) is 4.79 Å². The zero-order valence-electron chi connectivity index (χ0n) is 10.2. The van der Waals surface area contributed by atoms with Crippen LogP contribution in [0.25, 0.3) is 0 Å². The van der Waals surface area contributed by atoms with Crippen LogP contribution in [0.2, 0.25) is 0 Å². The van der Waals surface area contributed by atoms with Gasteiger partial charge in [-0.25, -0.2) is 0 Å². The molecule has 0 unspecified atom stereocenters. The molecule has 0 saturated carbocycles. The number of rotatable bonds is 6. The van der Waals surface area contributed by atoms with Gasteiger partial charge in [-0.3, -0.25) is 4.79 Å². The van der Waals surface area contributed by atoms with Crippen molar-refractivity contribution in [3.63, 3.8) is 0 Å². The highest BCUT2D eigenvalue weighted by Gasteiger charge is 2.03. The number of nitrogens with one attached hydrogen (secondary N) is 1. The van der Waals surface area contributed by atoms with E-state index in [-0.39, 0.29) is 12.5 Å². The van der Waals surface area contributed by atoms with Gasteiger partial charge in [0.25, 0.3) is 0 Å². The molecule has 0 aliphatic rings. The van der Waals surface area contributed by atoms with Crippen molar-refractivity contribution in [1.82, 2.24) is 9.88 Å². The smallest absolute Gasteiger partial charge is 0.325 e. The van der Waals surface area contributed by atoms with Crippen LogP contribution in [0, 0.1) is 0 Å². The van der Waals surface area contributed by atoms with Gasteiger partial charge in [0.15, 0.2) is 0 Å². The summed E-state index contributed by atoms with van der Waals surface area (Å²) in [6, 6.07) is 2.47. The Morgan fingerprint density at radius 3 is 2.94 bits per heavy atom. The van der Waals surface area contributed by atoms with Gasteiger partial charge in [-0.1, -0.05) is 13.8 Å². The lowest BCUT2D eigenvalue weighted by molar-refractivity contribution is -0.143. The van der Waals surface area contributed by atoms with E-state index in [0.29, 0.717) is 12.6 Å². The van der Waals surface area contributed by atoms with E-state index in [2.05, 4.69) is 19.2 Å². The molecule has 90 valence electrons. The van der Waals surface area contributed by atoms with Crippen molar-refractivity contribution in [3.05, 3.63) is 24.0 Å². The Hall–Kier alpha value is -1.29. The first kappa shape index (κ1) is 12.8. The highest BCUT2D eigenvalue weighted by Crippen LogP contribution is 2.02. The number of hydrogen-bond acceptors (Lipinski definition) is 3. The van der Waals surface area contributed by atoms with Gasteiger partial charge in [0.05, 0.1) is 6.61 Å². The summed E-state index contributed by atoms with van der Waals surface area (Å²) in [5, 5.41) is 3.32. The fourth-order valence-corrected chi connectivity index (χ4v) is 1.37. The molecular formula is C12H20N2O2. The summed E-state index contributed by atoms with van der Waals surface area (Å²) >= 11 is 0. The fourth-order valence-electron chi connectivity index (χ4n) is 1.37. The van der Waals surface area contributed by atoms with E-state index < -0.39 is 0 Å². The molecule has 0 bridgehead atoms. The molecule has 1 N–H and O–H groups in total. The SMILES string of the molecule is CCOC(=O)Cn1ccc(CNC(C)C)c1. The van der Waals surface area contributed by atoms with Crippen LogP contribution in [-0.4, -0.2) is 23.2 Å². The fraction of sp³-hybridized carbons (Fsp3) is 0.583. The third-order valence-corrected chi connectivity index (χ3v) is 2.14. The van der Waals surface area contributed by atoms with Crippen molar-refractivity contribution in [2.45, 2.75) is 39.9 Å². The summed E-state index contributed by atoms with van der Waals surface area (Å²) in [6.07, 6.45) is 3.86. The van der Waals surface area contributed by atoms with E-state index in [1.807, 2.05) is 30.0 Å². The van der Waals surface area contributed by atoms with Crippen LogP contribution in [0.1, 0.15) is 26.3 Å². The predicted molar refractivity (Wildman–Crippen MR) is 63.0 cm³/mol. The normalized spacial score (nSPS) is 10.8. The minimum absolute atomic E-state index is 0.193. The van der Waals surface area contributed by atoms with E-state index in [1.54, 1.807) is 0 Å². The minimum Gasteiger partial charge on any atom is -0.465 e. The number of ether oxygens (including phenoxy) is 1. The Morgan fingerprint density at radius 1 is 1.56 bits per heavy atom. The molecule has 1 heterocycles. The van der Waals surface area contributed by atoms with Gasteiger partial charge in [0.1, 0.15) is 6.54 Å². The van der Waals surface area contributed by atoms with Crippen LogP contribution in [0.5, 0.6) is 0 Å². The van der Waals surface area contributed by atoms with Crippen molar-refractivity contribution >= 4 is 5.97 Å². The lowest BCUT2D eigenvalue weighted by atomic mass is 10.3. The van der Waals surface area contributed by atoms with Crippen LogP contribution in [0.4, 0.5) is 0 Å². The van der Waals surface area contributed by atoms with E-state index in [0.717, 1.165) is 6.54 Å². The molecule has 0 fully saturated rings. The molecule has 0 radical (unpaired) electrons. The third-order valence-electron chi connectivity index (χ3n) is 2.14. The molecule has 0 aliphatic carbocycles. The highest BCUT2D eigenvalue weighted by molar-refractivity contribution is 5.69. The Labute approximate surface area is 96.6 Å². The number of nitrogens with zero attached hydrogens (tertiary/aromatic N) is 1. The standard InChI is InChI=1S/C12H20N2O2/c1-4-16-12(15)9-14-6-5-11(8-14)7-13-10(2)3/h5-6,8,10,13H,4,7,9H2,1-3H3. The Bertz CT molecular complexity index is 332. The monoisotopic (exact) mass is 224 g/mol. The molecule has 1 aromatic heterocycles. The number of carbonyl (C=O) groups excluding carboxylic acids is 1. The van der Waals surface area contributed by atoms with Gasteiger partial charge in [0.2, 0.25) is 0 Å². The molecule has 0 atom stereocenters. The Morgan fingerprint density at radius 2 is 2.31 bits per heavy atom. The first-order valence-electron chi connectivity index (χ1n) is 5.65. The molecule has 4 nitrogen and oxygen atoms in total. The summed E-state index contributed by atoms with van der Waals surface area (Å²) in [4.78, 5) is 11.2. The summed E-state index contributed by atoms with van der Waals surface area (Å²) in [7, 11) is 0. The maximum absolute atomic E-state index is 11.2. The largest absolute Gasteiger partial charge is 0.465 e. The minimum atomic E-state index is -0.193. The van der Waals surface area contributed by atoms with E-state index in [4.69, 9.17) is 4.74 Å². The number of hydrogen-bond donors (Lipinski definition) is 1. The van der Waals surface area contributed by atoms with Crippen LogP contribution >= 0.6 is 0 Å². The number of esters is 1. The molecular weight excluding hydrogens is 204 g/mol. The summed E-state index contributed by atoms with van der Waals surface area (Å²) in [5.41, 5.74) is 1.18. The van der Waals surface area contributed by atoms with Crippen LogP contribution in [0.15, 0.2) is 18.5 Å². The van der Waals surface area contributed by atoms with Crippen molar-refractivity contribution in [3.8, 4) is 0 Å². The Balaban J connectivity index is 2.42. The van der Waals surface area contributed by atoms with Gasteiger partial charge in [-0.15, -0.1) is 0 Å². The zero-order chi connectivity index (χ0) is 12.0. The lowest BCUT2D eigenvalue weighted by Crippen LogP contribution is -2.21. The maximum atomic E-state index is 11.2. The topological polar surface area (TPSA) is 43.3 Å². The van der Waals surface area contributed by atoms with Gasteiger partial charge < -0.3 is 14.6 Å². The van der Waals surface area contributed by atoms with Crippen LogP contribution in [0.3, 0.4) is 0 Å². The lowest BCUT2D eigenvalue weighted by Gasteiger charge is -2.06. The molecule has 0 aliphatic heterocycles. The predicted octanol–water partition coefficient (Wildman–Crippen LogP) is 1.55. The molecule has 1 rings (SSSR count). The Kier molecular flexibility index (Phi) is 5.05. The van der Waals surface area contributed by atoms with Crippen molar-refractivity contribution < 1.29 is 9.53 Å². The van der Waals surface area contributed by atoms with E-state index >= 15 is 0 Å². The highest BCUT2D eigenvalue weighted by atomic mass is 16.5. The van der Waals surface area contributed by atoms with Crippen molar-refractivity contribution in [1.29, 1.82) is 0 Å². The van der Waals surface area contributed by atoms with Gasteiger partial charge in [-0.05, 0) is 18.6 Å². The first-order valence-corrected chi connectivity index (χ1v) is 5.65. The molecule has 0 saturated heterocycles. The summed E-state index contributed by atoms with van der Waals surface area (Å²) in [6.45, 7) is 7.57. The van der Waals surface area contributed by atoms with Gasteiger partial charge in [0, 0.05) is 25.0 Å². The summed E-state index contributed by atoms with van der Waals surface area (Å²) in [5.74, 6) is -0.193. The number of carbonyl (C=O) groups is 1. The molecule has 1 aromatic rings. The van der Waals surface area contributed by atoms with Gasteiger partial charge >= 0.3 is 5.97 Å². The first-order chi connectivity index (χ1) is 7.61. The molecule has 16 heavy (non-hydrogen) atoms. The van der Waals surface area contributed by atoms with Crippen molar-refractivity contribution in [2.24, 2.45) is 0 Å². The van der Waals surface area contributed by atoms with Gasteiger partial charge in [-0.2, -0.15) is 0 Å². The molecule has 0 aromatic carbocycles. The van der Waals surface area contributed by atoms with Crippen LogP contribution < -0.4 is 5.32 Å². The summed E-state index contributed by atoms with van der Waals surface area (Å²) < 4.78 is 6.72. The molecule has 0 spiro atoms. The average Bonchev–Trinajstić information content (AvgIpc) is 2.63. The molecule has 4 heteroatoms. The second kappa shape index (κ2) is 6.33. The second-order valence-electron chi connectivity index (χ2n) is 4.03. The maximum Gasteiger partial charge on any atom is 0.325 e. The van der Waals surface area contributed by atoms with E-state index in [1.165, 1.54) is 5.56 Å². The quantitative estimate of drug-likeness (QED) is 0.745. The zero-order valence-corrected chi connectivity index (χ0v) is 10.2. The van der Waals surface area contributed by atoms with Crippen LogP contribution in [-0.2, 0) is 22.6 Å².